The molecule has 3 aromatic carbocycles. The fourth-order valence-electron chi connectivity index (χ4n) is 4.87. The molecule has 3 heterocycles. The van der Waals surface area contributed by atoms with E-state index in [4.69, 9.17) is 10.00 Å². The minimum absolute atomic E-state index is 0.0224. The maximum absolute atomic E-state index is 8.90. The third-order valence-corrected chi connectivity index (χ3v) is 7.09. The Kier molecular flexibility index (Phi) is 9.10. The molecular weight excluding hydrogens is 506 g/mol. The van der Waals surface area contributed by atoms with Crippen LogP contribution in [0.4, 0.5) is 5.69 Å². The van der Waals surface area contributed by atoms with Gasteiger partial charge >= 0.3 is 0 Å². The normalized spacial score (nSPS) is 13.5. The lowest BCUT2D eigenvalue weighted by molar-refractivity contribution is 0.194. The number of rotatable bonds is 7. The van der Waals surface area contributed by atoms with Crippen molar-refractivity contribution >= 4 is 5.69 Å². The Labute approximate surface area is 242 Å². The minimum atomic E-state index is 0.0224. The summed E-state index contributed by atoms with van der Waals surface area (Å²) in [7, 11) is 0. The number of ether oxygens (including phenoxy) is 1. The van der Waals surface area contributed by atoms with Gasteiger partial charge in [-0.3, -0.25) is 0 Å². The molecule has 206 valence electrons. The zero-order valence-corrected chi connectivity index (χ0v) is 23.5. The summed E-state index contributed by atoms with van der Waals surface area (Å²) in [5, 5.41) is 15.8. The molecule has 1 unspecified atom stereocenters. The first-order valence-electron chi connectivity index (χ1n) is 14.0. The monoisotopic (exact) mass is 541 g/mol. The minimum Gasteiger partial charge on any atom is -0.470 e. The molecule has 0 fully saturated rings. The van der Waals surface area contributed by atoms with Gasteiger partial charge in [0, 0.05) is 35.4 Å². The van der Waals surface area contributed by atoms with Crippen LogP contribution in [0.15, 0.2) is 109 Å². The molecule has 0 saturated heterocycles. The molecule has 0 bridgehead atoms. The van der Waals surface area contributed by atoms with Crippen LogP contribution in [0.2, 0.25) is 0 Å². The van der Waals surface area contributed by atoms with Crippen molar-refractivity contribution in [2.75, 3.05) is 25.0 Å². The van der Waals surface area contributed by atoms with Gasteiger partial charge < -0.3 is 19.9 Å². The number of aromatic nitrogens is 2. The molecule has 41 heavy (non-hydrogen) atoms. The van der Waals surface area contributed by atoms with Crippen molar-refractivity contribution in [3.05, 3.63) is 132 Å². The van der Waals surface area contributed by atoms with Gasteiger partial charge in [-0.15, -0.1) is 0 Å². The van der Waals surface area contributed by atoms with Gasteiger partial charge in [0.25, 0.3) is 0 Å². The molecule has 6 nitrogen and oxygen atoms in total. The fourth-order valence-corrected chi connectivity index (χ4v) is 4.87. The van der Waals surface area contributed by atoms with E-state index in [1.165, 1.54) is 17.0 Å². The lowest BCUT2D eigenvalue weighted by Gasteiger charge is -2.27. The Morgan fingerprint density at radius 1 is 0.902 bits per heavy atom. The molecule has 0 saturated carbocycles. The highest BCUT2D eigenvalue weighted by atomic mass is 16.5. The van der Waals surface area contributed by atoms with Crippen molar-refractivity contribution in [3.63, 3.8) is 0 Å². The Morgan fingerprint density at radius 3 is 2.20 bits per heavy atom. The van der Waals surface area contributed by atoms with Gasteiger partial charge in [-0.05, 0) is 80.4 Å². The maximum Gasteiger partial charge on any atom is 0.237 e. The summed E-state index contributed by atoms with van der Waals surface area (Å²) in [6.45, 7) is 6.57. The quantitative estimate of drug-likeness (QED) is 0.224. The first-order chi connectivity index (χ1) is 20.1. The molecule has 0 spiro atoms. The van der Waals surface area contributed by atoms with Crippen LogP contribution in [-0.4, -0.2) is 35.3 Å². The van der Waals surface area contributed by atoms with Crippen LogP contribution in [0, 0.1) is 25.2 Å². The highest BCUT2D eigenvalue weighted by molar-refractivity contribution is 5.70. The first-order valence-corrected chi connectivity index (χ1v) is 14.0. The van der Waals surface area contributed by atoms with Crippen LogP contribution in [0.1, 0.15) is 22.5 Å². The number of anilines is 1. The third kappa shape index (κ3) is 7.21. The topological polar surface area (TPSA) is 74.9 Å². The van der Waals surface area contributed by atoms with Gasteiger partial charge in [0.2, 0.25) is 5.88 Å². The van der Waals surface area contributed by atoms with Crippen LogP contribution in [0.3, 0.4) is 0 Å². The maximum atomic E-state index is 8.90. The lowest BCUT2D eigenvalue weighted by Crippen LogP contribution is -2.40. The Hall–Kier alpha value is -4.86. The fraction of sp³-hybridized carbons (Fsp3) is 0.200. The van der Waals surface area contributed by atoms with Crippen molar-refractivity contribution in [3.8, 4) is 28.8 Å². The van der Waals surface area contributed by atoms with Gasteiger partial charge in [0.05, 0.1) is 23.9 Å². The molecule has 6 heteroatoms. The molecule has 2 N–H and O–H groups in total. The Morgan fingerprint density at radius 2 is 1.56 bits per heavy atom. The van der Waals surface area contributed by atoms with Gasteiger partial charge in [-0.2, -0.15) is 5.26 Å². The van der Waals surface area contributed by atoms with Crippen molar-refractivity contribution in [2.45, 2.75) is 26.4 Å². The summed E-state index contributed by atoms with van der Waals surface area (Å²) in [6, 6.07) is 36.9. The average Bonchev–Trinajstić information content (AvgIpc) is 3.37. The van der Waals surface area contributed by atoms with Gasteiger partial charge in [0.1, 0.15) is 6.10 Å². The SMILES string of the molecule is Cc1ccc(C)n1-c1ccc(-c2cnc3c(c2)NCC(CNCCc2ccc(C#N)cc2)O3)cc1.c1ccccc1. The molecule has 6 rings (SSSR count). The molecule has 1 atom stereocenters. The molecule has 2 aromatic heterocycles. The molecule has 1 aliphatic heterocycles. The molecule has 5 aromatic rings. The lowest BCUT2D eigenvalue weighted by atomic mass is 10.1. The second-order valence-corrected chi connectivity index (χ2v) is 10.1. The number of hydrogen-bond acceptors (Lipinski definition) is 5. The van der Waals surface area contributed by atoms with E-state index >= 15 is 0 Å². The van der Waals surface area contributed by atoms with Gasteiger partial charge in [0.15, 0.2) is 0 Å². The van der Waals surface area contributed by atoms with Crippen molar-refractivity contribution < 1.29 is 4.74 Å². The Bertz CT molecular complexity index is 1540. The molecule has 0 amide bonds. The van der Waals surface area contributed by atoms with Gasteiger partial charge in [-0.1, -0.05) is 60.7 Å². The highest BCUT2D eigenvalue weighted by Gasteiger charge is 2.20. The molecule has 1 aliphatic rings. The summed E-state index contributed by atoms with van der Waals surface area (Å²) < 4.78 is 8.38. The number of pyridine rings is 1. The molecule has 0 aliphatic carbocycles. The number of nitriles is 1. The number of nitrogens with zero attached hydrogens (tertiary/aromatic N) is 3. The summed E-state index contributed by atoms with van der Waals surface area (Å²) in [6.07, 6.45) is 2.81. The van der Waals surface area contributed by atoms with E-state index in [1.807, 2.05) is 66.9 Å². The summed E-state index contributed by atoms with van der Waals surface area (Å²) >= 11 is 0. The smallest absolute Gasteiger partial charge is 0.237 e. The van der Waals surface area contributed by atoms with E-state index in [9.17, 15) is 0 Å². The van der Waals surface area contributed by atoms with Crippen molar-refractivity contribution in [1.29, 1.82) is 5.26 Å². The largest absolute Gasteiger partial charge is 0.470 e. The van der Waals surface area contributed by atoms with Crippen LogP contribution in [0.25, 0.3) is 16.8 Å². The van der Waals surface area contributed by atoms with E-state index in [0.29, 0.717) is 11.4 Å². The van der Waals surface area contributed by atoms with Crippen molar-refractivity contribution in [2.24, 2.45) is 0 Å². The second-order valence-electron chi connectivity index (χ2n) is 10.1. The third-order valence-electron chi connectivity index (χ3n) is 7.09. The van der Waals surface area contributed by atoms with E-state index in [1.54, 1.807) is 0 Å². The molecule has 0 radical (unpaired) electrons. The molecular formula is C35H35N5O. The van der Waals surface area contributed by atoms with E-state index in [2.05, 4.69) is 82.6 Å². The van der Waals surface area contributed by atoms with Crippen LogP contribution in [0.5, 0.6) is 5.88 Å². The number of aryl methyl sites for hydroxylation is 2. The second kappa shape index (κ2) is 13.5. The zero-order chi connectivity index (χ0) is 28.4. The van der Waals surface area contributed by atoms with Crippen LogP contribution in [-0.2, 0) is 6.42 Å². The standard InChI is InChI=1S/C29H29N5O.C6H6/c1-20-3-4-21(2)34(20)26-11-9-24(10-12-26)25-15-28-29(33-17-25)35-27(19-32-28)18-31-14-13-22-5-7-23(16-30)8-6-22;1-2-4-6-5-3-1/h3-12,15,17,27,31-32H,13-14,18-19H2,1-2H3;1-6H. The predicted molar refractivity (Wildman–Crippen MR) is 166 cm³/mol. The summed E-state index contributed by atoms with van der Waals surface area (Å²) in [5.41, 5.74) is 8.64. The van der Waals surface area contributed by atoms with E-state index in [0.717, 1.165) is 48.6 Å². The highest BCUT2D eigenvalue weighted by Crippen LogP contribution is 2.31. The number of nitrogens with one attached hydrogen (secondary N) is 2. The first kappa shape index (κ1) is 27.7. The van der Waals surface area contributed by atoms with Crippen LogP contribution < -0.4 is 15.4 Å². The predicted octanol–water partition coefficient (Wildman–Crippen LogP) is 6.72. The zero-order valence-electron chi connectivity index (χ0n) is 23.5. The summed E-state index contributed by atoms with van der Waals surface area (Å²) in [5.74, 6) is 0.647. The number of benzene rings is 3. The number of hydrogen-bond donors (Lipinski definition) is 2. The van der Waals surface area contributed by atoms with E-state index < -0.39 is 0 Å². The van der Waals surface area contributed by atoms with Crippen molar-refractivity contribution in [1.82, 2.24) is 14.9 Å². The van der Waals surface area contributed by atoms with E-state index in [-0.39, 0.29) is 6.10 Å². The van der Waals surface area contributed by atoms with Gasteiger partial charge in [-0.25, -0.2) is 4.98 Å². The Balaban J connectivity index is 0.000000500. The number of fused-ring (bicyclic) bond motifs is 1. The van der Waals surface area contributed by atoms with Crippen LogP contribution >= 0.6 is 0 Å². The summed E-state index contributed by atoms with van der Waals surface area (Å²) in [4.78, 5) is 4.59. The average molecular weight is 542 g/mol.